The van der Waals surface area contributed by atoms with E-state index in [1.807, 2.05) is 6.07 Å². The highest BCUT2D eigenvalue weighted by molar-refractivity contribution is 7.09. The maximum absolute atomic E-state index is 12.8. The van der Waals surface area contributed by atoms with Crippen LogP contribution in [0.5, 0.6) is 0 Å². The molecule has 3 heteroatoms. The Hall–Kier alpha value is -1.61. The van der Waals surface area contributed by atoms with Crippen molar-refractivity contribution in [1.29, 1.82) is 0 Å². The van der Waals surface area contributed by atoms with Crippen molar-refractivity contribution in [1.82, 2.24) is 4.90 Å². The number of nitrogens with zero attached hydrogens (tertiary/aromatic N) is 1. The van der Waals surface area contributed by atoms with Crippen LogP contribution in [0.1, 0.15) is 49.0 Å². The van der Waals surface area contributed by atoms with Gasteiger partial charge in [-0.05, 0) is 42.7 Å². The summed E-state index contributed by atoms with van der Waals surface area (Å²) in [7, 11) is 0. The summed E-state index contributed by atoms with van der Waals surface area (Å²) < 4.78 is 0. The fraction of sp³-hybridized carbons (Fsp3) is 0.450. The largest absolute Gasteiger partial charge is 0.335 e. The summed E-state index contributed by atoms with van der Waals surface area (Å²) in [5.74, 6) is 0.334. The number of amides is 1. The van der Waals surface area contributed by atoms with Crippen LogP contribution >= 0.6 is 11.3 Å². The molecule has 1 fully saturated rings. The predicted octanol–water partition coefficient (Wildman–Crippen LogP) is 5.04. The van der Waals surface area contributed by atoms with E-state index >= 15 is 0 Å². The van der Waals surface area contributed by atoms with Crippen LogP contribution in [-0.2, 0) is 17.8 Å². The maximum atomic E-state index is 12.8. The lowest BCUT2D eigenvalue weighted by Gasteiger charge is -2.29. The second kappa shape index (κ2) is 8.30. The fourth-order valence-corrected chi connectivity index (χ4v) is 4.14. The highest BCUT2D eigenvalue weighted by Crippen LogP contribution is 2.27. The molecule has 1 saturated carbocycles. The molecule has 0 radical (unpaired) electrons. The molecule has 0 unspecified atom stereocenters. The van der Waals surface area contributed by atoms with E-state index in [2.05, 4.69) is 46.7 Å². The minimum atomic E-state index is 0.334. The van der Waals surface area contributed by atoms with E-state index in [1.54, 1.807) is 11.3 Å². The maximum Gasteiger partial charge on any atom is 0.223 e. The van der Waals surface area contributed by atoms with Gasteiger partial charge in [0, 0.05) is 17.3 Å². The molecule has 1 amide bonds. The molecule has 0 spiro atoms. The average Bonchev–Trinajstić information content (AvgIpc) is 3.27. The first-order chi connectivity index (χ1) is 11.3. The minimum absolute atomic E-state index is 0.334. The van der Waals surface area contributed by atoms with Crippen molar-refractivity contribution in [2.24, 2.45) is 0 Å². The van der Waals surface area contributed by atoms with Gasteiger partial charge in [0.1, 0.15) is 0 Å². The van der Waals surface area contributed by atoms with E-state index in [4.69, 9.17) is 0 Å². The van der Waals surface area contributed by atoms with Crippen molar-refractivity contribution in [2.45, 2.75) is 57.5 Å². The number of carbonyl (C=O) groups excluding carboxylic acids is 1. The molecule has 0 atom stereocenters. The average molecular weight is 327 g/mol. The number of hydrogen-bond donors (Lipinski definition) is 0. The first kappa shape index (κ1) is 16.3. The summed E-state index contributed by atoms with van der Waals surface area (Å²) in [6.07, 6.45) is 7.48. The van der Waals surface area contributed by atoms with Crippen molar-refractivity contribution in [3.8, 4) is 0 Å². The van der Waals surface area contributed by atoms with Crippen molar-refractivity contribution in [2.75, 3.05) is 0 Å². The Morgan fingerprint density at radius 3 is 2.57 bits per heavy atom. The smallest absolute Gasteiger partial charge is 0.223 e. The molecule has 2 nitrogen and oxygen atoms in total. The Morgan fingerprint density at radius 2 is 1.87 bits per heavy atom. The van der Waals surface area contributed by atoms with Crippen molar-refractivity contribution in [3.05, 3.63) is 58.3 Å². The lowest BCUT2D eigenvalue weighted by atomic mass is 10.1. The van der Waals surface area contributed by atoms with Crippen LogP contribution < -0.4 is 0 Å². The molecule has 1 aromatic carbocycles. The highest BCUT2D eigenvalue weighted by atomic mass is 32.1. The van der Waals surface area contributed by atoms with Crippen LogP contribution in [-0.4, -0.2) is 16.8 Å². The zero-order valence-electron chi connectivity index (χ0n) is 13.6. The standard InChI is InChI=1S/C20H25NOS/c22-20(14-6-10-17-8-2-1-3-9-17)21(18-11-4-5-12-18)16-19-13-7-15-23-19/h1-3,7-9,13,15,18H,4-6,10-12,14,16H2. The van der Waals surface area contributed by atoms with E-state index in [1.165, 1.54) is 36.1 Å². The van der Waals surface area contributed by atoms with E-state index in [0.29, 0.717) is 18.4 Å². The molecule has 1 heterocycles. The van der Waals surface area contributed by atoms with E-state index < -0.39 is 0 Å². The first-order valence-electron chi connectivity index (χ1n) is 8.69. The van der Waals surface area contributed by atoms with Crippen LogP contribution in [0, 0.1) is 0 Å². The molecule has 0 bridgehead atoms. The molecule has 1 aromatic heterocycles. The van der Waals surface area contributed by atoms with Crippen LogP contribution in [0.15, 0.2) is 47.8 Å². The summed E-state index contributed by atoms with van der Waals surface area (Å²) in [6.45, 7) is 0.798. The second-order valence-electron chi connectivity index (χ2n) is 6.38. The molecule has 0 aliphatic heterocycles. The lowest BCUT2D eigenvalue weighted by molar-refractivity contribution is -0.134. The zero-order valence-corrected chi connectivity index (χ0v) is 14.4. The summed E-state index contributed by atoms with van der Waals surface area (Å²) >= 11 is 1.75. The van der Waals surface area contributed by atoms with Gasteiger partial charge in [0.15, 0.2) is 0 Å². The minimum Gasteiger partial charge on any atom is -0.335 e. The molecule has 0 N–H and O–H groups in total. The Bertz CT molecular complexity index is 587. The Balaban J connectivity index is 1.56. The van der Waals surface area contributed by atoms with E-state index in [-0.39, 0.29) is 0 Å². The third-order valence-corrected chi connectivity index (χ3v) is 5.55. The summed E-state index contributed by atoms with van der Waals surface area (Å²) in [4.78, 5) is 16.2. The van der Waals surface area contributed by atoms with Crippen LogP contribution in [0.4, 0.5) is 0 Å². The van der Waals surface area contributed by atoms with Gasteiger partial charge in [-0.2, -0.15) is 0 Å². The number of thiophene rings is 1. The van der Waals surface area contributed by atoms with E-state index in [0.717, 1.165) is 19.4 Å². The van der Waals surface area contributed by atoms with Gasteiger partial charge in [0.25, 0.3) is 0 Å². The highest BCUT2D eigenvalue weighted by Gasteiger charge is 2.26. The van der Waals surface area contributed by atoms with Gasteiger partial charge < -0.3 is 4.90 Å². The molecular weight excluding hydrogens is 302 g/mol. The van der Waals surface area contributed by atoms with E-state index in [9.17, 15) is 4.79 Å². The lowest BCUT2D eigenvalue weighted by Crippen LogP contribution is -2.38. The molecular formula is C20H25NOS. The molecule has 1 aliphatic carbocycles. The van der Waals surface area contributed by atoms with Gasteiger partial charge in [-0.3, -0.25) is 4.79 Å². The van der Waals surface area contributed by atoms with Gasteiger partial charge in [-0.25, -0.2) is 0 Å². The first-order valence-corrected chi connectivity index (χ1v) is 9.56. The Labute approximate surface area is 143 Å². The number of hydrogen-bond acceptors (Lipinski definition) is 2. The van der Waals surface area contributed by atoms with Crippen LogP contribution in [0.3, 0.4) is 0 Å². The SMILES string of the molecule is O=C(CCCc1ccccc1)N(Cc1cccs1)C1CCCC1. The molecule has 23 heavy (non-hydrogen) atoms. The molecule has 2 aromatic rings. The summed E-state index contributed by atoms with van der Waals surface area (Å²) in [5, 5.41) is 2.10. The third-order valence-electron chi connectivity index (χ3n) is 4.69. The van der Waals surface area contributed by atoms with Crippen LogP contribution in [0.2, 0.25) is 0 Å². The van der Waals surface area contributed by atoms with Crippen molar-refractivity contribution in [3.63, 3.8) is 0 Å². The number of carbonyl (C=O) groups is 1. The molecule has 3 rings (SSSR count). The van der Waals surface area contributed by atoms with Crippen LogP contribution in [0.25, 0.3) is 0 Å². The molecule has 122 valence electrons. The quantitative estimate of drug-likeness (QED) is 0.697. The number of benzene rings is 1. The Kier molecular flexibility index (Phi) is 5.87. The topological polar surface area (TPSA) is 20.3 Å². The summed E-state index contributed by atoms with van der Waals surface area (Å²) in [5.41, 5.74) is 1.32. The fourth-order valence-electron chi connectivity index (χ4n) is 3.44. The number of rotatable bonds is 7. The van der Waals surface area contributed by atoms with Gasteiger partial charge in [-0.15, -0.1) is 11.3 Å². The zero-order chi connectivity index (χ0) is 15.9. The van der Waals surface area contributed by atoms with Gasteiger partial charge in [0.2, 0.25) is 5.91 Å². The van der Waals surface area contributed by atoms with Gasteiger partial charge >= 0.3 is 0 Å². The normalized spacial score (nSPS) is 15.0. The third kappa shape index (κ3) is 4.68. The van der Waals surface area contributed by atoms with Gasteiger partial charge in [-0.1, -0.05) is 49.2 Å². The number of aryl methyl sites for hydroxylation is 1. The Morgan fingerprint density at radius 1 is 1.09 bits per heavy atom. The second-order valence-corrected chi connectivity index (χ2v) is 7.41. The van der Waals surface area contributed by atoms with Gasteiger partial charge in [0.05, 0.1) is 6.54 Å². The monoisotopic (exact) mass is 327 g/mol. The van der Waals surface area contributed by atoms with Crippen molar-refractivity contribution < 1.29 is 4.79 Å². The molecule has 0 saturated heterocycles. The van der Waals surface area contributed by atoms with Crippen molar-refractivity contribution >= 4 is 17.2 Å². The predicted molar refractivity (Wildman–Crippen MR) is 96.5 cm³/mol. The molecule has 1 aliphatic rings. The summed E-state index contributed by atoms with van der Waals surface area (Å²) in [6, 6.07) is 15.1.